The Balaban J connectivity index is 0.00000192. The van der Waals surface area contributed by atoms with Crippen LogP contribution in [0.15, 0.2) is 42.7 Å². The summed E-state index contributed by atoms with van der Waals surface area (Å²) in [6, 6.07) is 9.86. The number of anilines is 1. The first kappa shape index (κ1) is 18.7. The summed E-state index contributed by atoms with van der Waals surface area (Å²) >= 11 is 0. The van der Waals surface area contributed by atoms with Gasteiger partial charge in [-0.15, -0.1) is 12.4 Å². The molecule has 0 amide bonds. The summed E-state index contributed by atoms with van der Waals surface area (Å²) in [4.78, 5) is 8.58. The Morgan fingerprint density at radius 1 is 1.21 bits per heavy atom. The highest BCUT2D eigenvalue weighted by Crippen LogP contribution is 2.41. The van der Waals surface area contributed by atoms with Gasteiger partial charge in [0.15, 0.2) is 11.6 Å². The molecule has 5 heterocycles. The molecule has 0 bridgehead atoms. The summed E-state index contributed by atoms with van der Waals surface area (Å²) in [6.07, 6.45) is 5.86. The zero-order chi connectivity index (χ0) is 18.3. The minimum absolute atomic E-state index is 0. The minimum Gasteiger partial charge on any atom is -0.483 e. The first-order chi connectivity index (χ1) is 13.2. The van der Waals surface area contributed by atoms with Crippen LogP contribution in [-0.2, 0) is 18.6 Å². The van der Waals surface area contributed by atoms with E-state index in [1.165, 1.54) is 18.5 Å². The molecule has 0 unspecified atom stereocenters. The van der Waals surface area contributed by atoms with Crippen molar-refractivity contribution in [1.82, 2.24) is 25.1 Å². The van der Waals surface area contributed by atoms with Crippen LogP contribution in [-0.4, -0.2) is 32.8 Å². The molecular weight excluding hydrogens is 376 g/mol. The number of nitrogens with two attached hydrogens (primary N) is 1. The van der Waals surface area contributed by atoms with E-state index < -0.39 is 0 Å². The van der Waals surface area contributed by atoms with E-state index in [-0.39, 0.29) is 17.8 Å². The molecule has 1 atom stereocenters. The number of nitrogens with one attached hydrogen (secondary N) is 1. The standard InChI is InChI=1S/C20H22N6O.ClH/c21-19-17(27-12-15-3-1-2-6-23-15)9-14(11-24-19)16-10-18-20(4-7-22-13-20)5-8-26(18)25-16;/h1-3,6,9-11,22H,4-5,7-8,12-13H2,(H2,21,24);1H/t20-;/m1./s1. The largest absolute Gasteiger partial charge is 0.483 e. The lowest BCUT2D eigenvalue weighted by atomic mass is 9.82. The average Bonchev–Trinajstić information content (AvgIpc) is 3.41. The van der Waals surface area contributed by atoms with Gasteiger partial charge in [-0.1, -0.05) is 6.07 Å². The van der Waals surface area contributed by atoms with Crippen molar-refractivity contribution in [2.75, 3.05) is 18.8 Å². The summed E-state index contributed by atoms with van der Waals surface area (Å²) < 4.78 is 8.01. The fourth-order valence-corrected chi connectivity index (χ4v) is 4.12. The maximum absolute atomic E-state index is 6.01. The third-order valence-corrected chi connectivity index (χ3v) is 5.65. The second-order valence-electron chi connectivity index (χ2n) is 7.31. The number of aryl methyl sites for hydroxylation is 1. The van der Waals surface area contributed by atoms with Crippen molar-refractivity contribution in [1.29, 1.82) is 0 Å². The highest BCUT2D eigenvalue weighted by atomic mass is 35.5. The maximum atomic E-state index is 6.01. The van der Waals surface area contributed by atoms with Crippen LogP contribution in [0, 0.1) is 0 Å². The number of nitrogens with zero attached hydrogens (tertiary/aromatic N) is 4. The van der Waals surface area contributed by atoms with Crippen molar-refractivity contribution in [3.8, 4) is 17.0 Å². The highest BCUT2D eigenvalue weighted by Gasteiger charge is 2.42. The molecule has 5 rings (SSSR count). The molecule has 2 aliphatic rings. The monoisotopic (exact) mass is 398 g/mol. The lowest BCUT2D eigenvalue weighted by Crippen LogP contribution is -2.25. The van der Waals surface area contributed by atoms with Crippen molar-refractivity contribution < 1.29 is 4.74 Å². The Labute approximate surface area is 169 Å². The Morgan fingerprint density at radius 2 is 2.14 bits per heavy atom. The van der Waals surface area contributed by atoms with Gasteiger partial charge in [-0.2, -0.15) is 5.10 Å². The Bertz CT molecular complexity index is 968. The molecule has 0 aromatic carbocycles. The molecule has 7 nitrogen and oxygen atoms in total. The molecule has 0 aliphatic carbocycles. The number of pyridine rings is 2. The first-order valence-corrected chi connectivity index (χ1v) is 9.31. The summed E-state index contributed by atoms with van der Waals surface area (Å²) in [5.41, 5.74) is 10.3. The van der Waals surface area contributed by atoms with Crippen LogP contribution in [0.3, 0.4) is 0 Å². The number of hydrogen-bond acceptors (Lipinski definition) is 6. The molecule has 3 aromatic rings. The van der Waals surface area contributed by atoms with Gasteiger partial charge < -0.3 is 15.8 Å². The molecule has 0 radical (unpaired) electrons. The van der Waals surface area contributed by atoms with Crippen LogP contribution < -0.4 is 15.8 Å². The fourth-order valence-electron chi connectivity index (χ4n) is 4.12. The second kappa shape index (κ2) is 7.41. The Hall–Kier alpha value is -2.64. The molecule has 146 valence electrons. The van der Waals surface area contributed by atoms with Crippen molar-refractivity contribution in [3.05, 3.63) is 54.1 Å². The molecule has 3 N–H and O–H groups in total. The molecule has 8 heteroatoms. The van der Waals surface area contributed by atoms with Gasteiger partial charge in [0.05, 0.1) is 11.4 Å². The van der Waals surface area contributed by atoms with Crippen molar-refractivity contribution in [2.24, 2.45) is 0 Å². The smallest absolute Gasteiger partial charge is 0.166 e. The van der Waals surface area contributed by atoms with Gasteiger partial charge in [0.2, 0.25) is 0 Å². The molecule has 3 aromatic heterocycles. The Morgan fingerprint density at radius 3 is 2.93 bits per heavy atom. The van der Waals surface area contributed by atoms with Gasteiger partial charge in [0.25, 0.3) is 0 Å². The van der Waals surface area contributed by atoms with E-state index in [9.17, 15) is 0 Å². The van der Waals surface area contributed by atoms with Crippen LogP contribution in [0.2, 0.25) is 0 Å². The van der Waals surface area contributed by atoms with E-state index in [2.05, 4.69) is 26.0 Å². The second-order valence-corrected chi connectivity index (χ2v) is 7.31. The molecule has 28 heavy (non-hydrogen) atoms. The summed E-state index contributed by atoms with van der Waals surface area (Å²) in [5.74, 6) is 0.932. The molecule has 1 fully saturated rings. The van der Waals surface area contributed by atoms with Crippen LogP contribution in [0.25, 0.3) is 11.3 Å². The predicted octanol–water partition coefficient (Wildman–Crippen LogP) is 2.56. The fraction of sp³-hybridized carbons (Fsp3) is 0.350. The van der Waals surface area contributed by atoms with Crippen molar-refractivity contribution >= 4 is 18.2 Å². The summed E-state index contributed by atoms with van der Waals surface area (Å²) in [6.45, 7) is 3.44. The van der Waals surface area contributed by atoms with E-state index in [0.717, 1.165) is 36.6 Å². The highest BCUT2D eigenvalue weighted by molar-refractivity contribution is 5.85. The number of rotatable bonds is 4. The number of halogens is 1. The normalized spacial score (nSPS) is 20.1. The molecule has 2 aliphatic heterocycles. The van der Waals surface area contributed by atoms with Gasteiger partial charge in [-0.25, -0.2) is 4.98 Å². The van der Waals surface area contributed by atoms with E-state index in [1.807, 2.05) is 24.3 Å². The van der Waals surface area contributed by atoms with Crippen LogP contribution in [0.5, 0.6) is 5.75 Å². The SMILES string of the molecule is Cl.Nc1ncc(-c2cc3n(n2)CC[C@@]32CCNC2)cc1OCc1ccccn1. The number of aromatic nitrogens is 4. The third-order valence-electron chi connectivity index (χ3n) is 5.65. The van der Waals surface area contributed by atoms with E-state index in [0.29, 0.717) is 18.2 Å². The lowest BCUT2D eigenvalue weighted by Gasteiger charge is -2.20. The third kappa shape index (κ3) is 3.21. The average molecular weight is 399 g/mol. The zero-order valence-corrected chi connectivity index (χ0v) is 16.3. The lowest BCUT2D eigenvalue weighted by molar-refractivity contribution is 0.302. The van der Waals surface area contributed by atoms with E-state index >= 15 is 0 Å². The van der Waals surface area contributed by atoms with Gasteiger partial charge in [-0.05, 0) is 43.7 Å². The number of fused-ring (bicyclic) bond motifs is 2. The van der Waals surface area contributed by atoms with Gasteiger partial charge in [0.1, 0.15) is 6.61 Å². The Kier molecular flexibility index (Phi) is 4.95. The molecule has 1 spiro atoms. The zero-order valence-electron chi connectivity index (χ0n) is 15.5. The summed E-state index contributed by atoms with van der Waals surface area (Å²) in [7, 11) is 0. The van der Waals surface area contributed by atoms with Gasteiger partial charge >= 0.3 is 0 Å². The number of ether oxygens (including phenoxy) is 1. The topological polar surface area (TPSA) is 90.9 Å². The van der Waals surface area contributed by atoms with E-state index in [1.54, 1.807) is 12.4 Å². The van der Waals surface area contributed by atoms with Crippen LogP contribution in [0.1, 0.15) is 24.2 Å². The van der Waals surface area contributed by atoms with Crippen LogP contribution in [0.4, 0.5) is 5.82 Å². The molecular formula is C20H23ClN6O. The van der Waals surface area contributed by atoms with Gasteiger partial charge in [-0.3, -0.25) is 9.67 Å². The van der Waals surface area contributed by atoms with Crippen molar-refractivity contribution in [3.63, 3.8) is 0 Å². The predicted molar refractivity (Wildman–Crippen MR) is 109 cm³/mol. The number of nitrogen functional groups attached to an aromatic ring is 1. The molecule has 0 saturated carbocycles. The molecule has 1 saturated heterocycles. The van der Waals surface area contributed by atoms with Crippen LogP contribution >= 0.6 is 12.4 Å². The quantitative estimate of drug-likeness (QED) is 0.701. The van der Waals surface area contributed by atoms with Gasteiger partial charge in [0, 0.05) is 42.2 Å². The van der Waals surface area contributed by atoms with E-state index in [4.69, 9.17) is 15.6 Å². The first-order valence-electron chi connectivity index (χ1n) is 9.31. The maximum Gasteiger partial charge on any atom is 0.166 e. The minimum atomic E-state index is 0. The number of hydrogen-bond donors (Lipinski definition) is 2. The van der Waals surface area contributed by atoms with Crippen molar-refractivity contribution in [2.45, 2.75) is 31.4 Å². The summed E-state index contributed by atoms with van der Waals surface area (Å²) in [5, 5.41) is 8.31.